The van der Waals surface area contributed by atoms with Crippen molar-refractivity contribution in [1.82, 2.24) is 0 Å². The average molecular weight is 185 g/mol. The van der Waals surface area contributed by atoms with E-state index in [1.165, 1.54) is 0 Å². The van der Waals surface area contributed by atoms with Crippen molar-refractivity contribution < 1.29 is 5.11 Å². The summed E-state index contributed by atoms with van der Waals surface area (Å²) < 4.78 is 0. The molecule has 1 aliphatic carbocycles. The van der Waals surface area contributed by atoms with Crippen LogP contribution in [0.1, 0.15) is 40.0 Å². The first-order valence-corrected chi connectivity index (χ1v) is 5.33. The van der Waals surface area contributed by atoms with Crippen LogP contribution in [0.3, 0.4) is 0 Å². The van der Waals surface area contributed by atoms with Crippen molar-refractivity contribution in [2.24, 2.45) is 23.0 Å². The normalized spacial score (nSPS) is 36.2. The molecule has 1 rings (SSSR count). The van der Waals surface area contributed by atoms with Crippen LogP contribution >= 0.6 is 0 Å². The third kappa shape index (κ3) is 2.68. The lowest BCUT2D eigenvalue weighted by atomic mass is 9.68. The Hall–Kier alpha value is -0.0800. The maximum absolute atomic E-state index is 9.67. The molecule has 3 N–H and O–H groups in total. The van der Waals surface area contributed by atoms with Gasteiger partial charge in [-0.25, -0.2) is 0 Å². The minimum absolute atomic E-state index is 0.149. The number of rotatable bonds is 1. The molecule has 0 aliphatic heterocycles. The first-order valence-electron chi connectivity index (χ1n) is 5.33. The van der Waals surface area contributed by atoms with Gasteiger partial charge in [0, 0.05) is 0 Å². The highest BCUT2D eigenvalue weighted by Crippen LogP contribution is 2.39. The fraction of sp³-hybridized carbons (Fsp3) is 1.00. The molecule has 0 aromatic carbocycles. The Morgan fingerprint density at radius 3 is 2.38 bits per heavy atom. The van der Waals surface area contributed by atoms with Crippen LogP contribution in [0.2, 0.25) is 0 Å². The minimum atomic E-state index is -0.149. The SMILES string of the molecule is CC(C)(C)[C@H]1CC[C@@H](O)[C@H](CN)C1. The summed E-state index contributed by atoms with van der Waals surface area (Å²) in [5, 5.41) is 9.67. The van der Waals surface area contributed by atoms with Gasteiger partial charge < -0.3 is 10.8 Å². The highest BCUT2D eigenvalue weighted by Gasteiger charge is 2.34. The average Bonchev–Trinajstić information content (AvgIpc) is 2.03. The smallest absolute Gasteiger partial charge is 0.0580 e. The molecule has 1 fully saturated rings. The molecule has 0 radical (unpaired) electrons. The molecule has 0 unspecified atom stereocenters. The fourth-order valence-electron chi connectivity index (χ4n) is 2.29. The first-order chi connectivity index (χ1) is 5.95. The predicted molar refractivity (Wildman–Crippen MR) is 55.3 cm³/mol. The van der Waals surface area contributed by atoms with Crippen molar-refractivity contribution in [3.63, 3.8) is 0 Å². The summed E-state index contributed by atoms with van der Waals surface area (Å²) in [5.41, 5.74) is 6.01. The second-order valence-corrected chi connectivity index (χ2v) is 5.44. The Labute approximate surface area is 81.5 Å². The molecule has 1 aliphatic rings. The molecule has 0 heterocycles. The lowest BCUT2D eigenvalue weighted by Gasteiger charge is -2.39. The van der Waals surface area contributed by atoms with Crippen LogP contribution in [0.15, 0.2) is 0 Å². The fourth-order valence-corrected chi connectivity index (χ4v) is 2.29. The maximum atomic E-state index is 9.67. The highest BCUT2D eigenvalue weighted by molar-refractivity contribution is 4.85. The summed E-state index contributed by atoms with van der Waals surface area (Å²) in [6.07, 6.45) is 3.04. The van der Waals surface area contributed by atoms with Gasteiger partial charge in [0.2, 0.25) is 0 Å². The van der Waals surface area contributed by atoms with Crippen molar-refractivity contribution in [3.05, 3.63) is 0 Å². The van der Waals surface area contributed by atoms with Gasteiger partial charge in [0.05, 0.1) is 6.10 Å². The van der Waals surface area contributed by atoms with Crippen LogP contribution in [-0.2, 0) is 0 Å². The standard InChI is InChI=1S/C11H23NO/c1-11(2,3)9-4-5-10(13)8(6-9)7-12/h8-10,13H,4-7,12H2,1-3H3/t8-,9-,10+/m0/s1. The van der Waals surface area contributed by atoms with Gasteiger partial charge in [0.1, 0.15) is 0 Å². The topological polar surface area (TPSA) is 46.2 Å². The quantitative estimate of drug-likeness (QED) is 0.654. The molecule has 0 aromatic rings. The summed E-state index contributed by atoms with van der Waals surface area (Å²) >= 11 is 0. The molecule has 2 nitrogen and oxygen atoms in total. The van der Waals surface area contributed by atoms with E-state index in [1.54, 1.807) is 0 Å². The van der Waals surface area contributed by atoms with Gasteiger partial charge in [-0.1, -0.05) is 20.8 Å². The zero-order valence-corrected chi connectivity index (χ0v) is 9.09. The van der Waals surface area contributed by atoms with E-state index in [4.69, 9.17) is 5.73 Å². The molecule has 0 spiro atoms. The van der Waals surface area contributed by atoms with E-state index in [0.29, 0.717) is 17.9 Å². The van der Waals surface area contributed by atoms with E-state index in [0.717, 1.165) is 25.2 Å². The van der Waals surface area contributed by atoms with Crippen LogP contribution < -0.4 is 5.73 Å². The molecule has 1 saturated carbocycles. The lowest BCUT2D eigenvalue weighted by molar-refractivity contribution is 0.0233. The van der Waals surface area contributed by atoms with E-state index in [9.17, 15) is 5.11 Å². The van der Waals surface area contributed by atoms with Gasteiger partial charge in [-0.2, -0.15) is 0 Å². The molecular weight excluding hydrogens is 162 g/mol. The molecule has 2 heteroatoms. The van der Waals surface area contributed by atoms with Crippen molar-refractivity contribution in [1.29, 1.82) is 0 Å². The Bertz CT molecular complexity index is 162. The second-order valence-electron chi connectivity index (χ2n) is 5.44. The summed E-state index contributed by atoms with van der Waals surface area (Å²) in [6.45, 7) is 7.47. The summed E-state index contributed by atoms with van der Waals surface area (Å²) in [6, 6.07) is 0. The molecule has 0 aromatic heterocycles. The van der Waals surface area contributed by atoms with E-state index >= 15 is 0 Å². The predicted octanol–water partition coefficient (Wildman–Crippen LogP) is 1.77. The van der Waals surface area contributed by atoms with Crippen molar-refractivity contribution in [3.8, 4) is 0 Å². The largest absolute Gasteiger partial charge is 0.393 e. The summed E-state index contributed by atoms with van der Waals surface area (Å²) in [4.78, 5) is 0. The van der Waals surface area contributed by atoms with Crippen molar-refractivity contribution >= 4 is 0 Å². The van der Waals surface area contributed by atoms with Gasteiger partial charge in [0.15, 0.2) is 0 Å². The number of hydrogen-bond acceptors (Lipinski definition) is 2. The van der Waals surface area contributed by atoms with Gasteiger partial charge in [-0.05, 0) is 43.1 Å². The molecule has 0 amide bonds. The van der Waals surface area contributed by atoms with Crippen molar-refractivity contribution in [2.75, 3.05) is 6.54 Å². The van der Waals surface area contributed by atoms with E-state index in [2.05, 4.69) is 20.8 Å². The van der Waals surface area contributed by atoms with Crippen LogP contribution in [0, 0.1) is 17.3 Å². The van der Waals surface area contributed by atoms with Crippen LogP contribution in [0.25, 0.3) is 0 Å². The maximum Gasteiger partial charge on any atom is 0.0580 e. The van der Waals surface area contributed by atoms with E-state index in [1.807, 2.05) is 0 Å². The Morgan fingerprint density at radius 1 is 1.31 bits per heavy atom. The molecule has 3 atom stereocenters. The van der Waals surface area contributed by atoms with Crippen LogP contribution in [0.4, 0.5) is 0 Å². The molecule has 0 saturated heterocycles. The van der Waals surface area contributed by atoms with Crippen molar-refractivity contribution in [2.45, 2.75) is 46.1 Å². The van der Waals surface area contributed by atoms with E-state index < -0.39 is 0 Å². The lowest BCUT2D eigenvalue weighted by Crippen LogP contribution is -2.38. The Kier molecular flexibility index (Phi) is 3.36. The van der Waals surface area contributed by atoms with Gasteiger partial charge in [-0.15, -0.1) is 0 Å². The highest BCUT2D eigenvalue weighted by atomic mass is 16.3. The Morgan fingerprint density at radius 2 is 1.92 bits per heavy atom. The summed E-state index contributed by atoms with van der Waals surface area (Å²) in [5.74, 6) is 1.06. The molecule has 0 bridgehead atoms. The summed E-state index contributed by atoms with van der Waals surface area (Å²) in [7, 11) is 0. The van der Waals surface area contributed by atoms with Crippen LogP contribution in [-0.4, -0.2) is 17.8 Å². The molecular formula is C11H23NO. The number of nitrogens with two attached hydrogens (primary N) is 1. The zero-order valence-electron chi connectivity index (χ0n) is 9.09. The second kappa shape index (κ2) is 3.97. The third-order valence-electron chi connectivity index (χ3n) is 3.47. The minimum Gasteiger partial charge on any atom is -0.393 e. The van der Waals surface area contributed by atoms with Gasteiger partial charge in [-0.3, -0.25) is 0 Å². The first kappa shape index (κ1) is 11.0. The van der Waals surface area contributed by atoms with Gasteiger partial charge >= 0.3 is 0 Å². The molecule has 78 valence electrons. The number of aliphatic hydroxyl groups is 1. The van der Waals surface area contributed by atoms with Gasteiger partial charge in [0.25, 0.3) is 0 Å². The van der Waals surface area contributed by atoms with Crippen LogP contribution in [0.5, 0.6) is 0 Å². The monoisotopic (exact) mass is 185 g/mol. The molecule has 13 heavy (non-hydrogen) atoms. The number of hydrogen-bond donors (Lipinski definition) is 2. The Balaban J connectivity index is 2.55. The zero-order chi connectivity index (χ0) is 10.1. The van der Waals surface area contributed by atoms with E-state index in [-0.39, 0.29) is 6.10 Å². The third-order valence-corrected chi connectivity index (χ3v) is 3.47. The number of aliphatic hydroxyl groups excluding tert-OH is 1.